The van der Waals surface area contributed by atoms with Crippen LogP contribution in [-0.2, 0) is 0 Å². The minimum Gasteiger partial charge on any atom is -0.286 e. The Bertz CT molecular complexity index is 195. The Morgan fingerprint density at radius 2 is 2.25 bits per heavy atom. The third-order valence-corrected chi connectivity index (χ3v) is 3.49. The Morgan fingerprint density at radius 3 is 2.75 bits per heavy atom. The van der Waals surface area contributed by atoms with Crippen LogP contribution in [0.1, 0.15) is 20.8 Å². The second kappa shape index (κ2) is 3.68. The summed E-state index contributed by atoms with van der Waals surface area (Å²) >= 11 is 2.00. The summed E-state index contributed by atoms with van der Waals surface area (Å²) in [7, 11) is 0. The molecule has 12 heavy (non-hydrogen) atoms. The summed E-state index contributed by atoms with van der Waals surface area (Å²) in [6.07, 6.45) is 0. The van der Waals surface area contributed by atoms with Gasteiger partial charge in [0.15, 0.2) is 0 Å². The molecule has 1 heterocycles. The first-order chi connectivity index (χ1) is 5.55. The van der Waals surface area contributed by atoms with E-state index in [1.54, 1.807) is 0 Å². The lowest BCUT2D eigenvalue weighted by atomic mass is 10.1. The lowest BCUT2D eigenvalue weighted by Gasteiger charge is -2.38. The van der Waals surface area contributed by atoms with Gasteiger partial charge in [-0.15, -0.1) is 0 Å². The molecule has 1 atom stereocenters. The van der Waals surface area contributed by atoms with Crippen LogP contribution in [0.4, 0.5) is 0 Å². The molecule has 0 aromatic heterocycles. The van der Waals surface area contributed by atoms with Crippen molar-refractivity contribution in [1.29, 1.82) is 5.26 Å². The fourth-order valence-electron chi connectivity index (χ4n) is 1.47. The molecule has 1 saturated heterocycles. The first-order valence-corrected chi connectivity index (χ1v) is 5.31. The molecular weight excluding hydrogens is 168 g/mol. The number of nitrogens with zero attached hydrogens (tertiary/aromatic N) is 2. The zero-order valence-corrected chi connectivity index (χ0v) is 8.82. The van der Waals surface area contributed by atoms with Crippen molar-refractivity contribution in [2.75, 3.05) is 18.8 Å². The van der Waals surface area contributed by atoms with Crippen molar-refractivity contribution >= 4 is 11.8 Å². The lowest BCUT2D eigenvalue weighted by Crippen LogP contribution is -2.46. The van der Waals surface area contributed by atoms with Gasteiger partial charge >= 0.3 is 0 Å². The maximum absolute atomic E-state index is 8.76. The first-order valence-electron chi connectivity index (χ1n) is 4.33. The average molecular weight is 184 g/mol. The predicted molar refractivity (Wildman–Crippen MR) is 53.2 cm³/mol. The van der Waals surface area contributed by atoms with Crippen LogP contribution in [0.15, 0.2) is 0 Å². The summed E-state index contributed by atoms with van der Waals surface area (Å²) in [4.78, 5) is 2.26. The predicted octanol–water partition coefficient (Wildman–Crippen LogP) is 1.73. The summed E-state index contributed by atoms with van der Waals surface area (Å²) < 4.78 is 0.323. The number of nitriles is 1. The van der Waals surface area contributed by atoms with Gasteiger partial charge in [0.05, 0.1) is 12.1 Å². The molecule has 0 saturated carbocycles. The van der Waals surface area contributed by atoms with Crippen molar-refractivity contribution in [2.45, 2.75) is 31.6 Å². The molecule has 1 aliphatic rings. The highest BCUT2D eigenvalue weighted by Crippen LogP contribution is 2.30. The van der Waals surface area contributed by atoms with Crippen LogP contribution in [0.3, 0.4) is 0 Å². The third-order valence-electron chi connectivity index (χ3n) is 2.19. The fourth-order valence-corrected chi connectivity index (χ4v) is 2.60. The quantitative estimate of drug-likeness (QED) is 0.621. The molecule has 68 valence electrons. The van der Waals surface area contributed by atoms with Crippen molar-refractivity contribution in [3.8, 4) is 6.07 Å². The molecule has 1 unspecified atom stereocenters. The molecule has 2 nitrogen and oxygen atoms in total. The van der Waals surface area contributed by atoms with E-state index in [2.05, 4.69) is 24.8 Å². The number of thioether (sulfide) groups is 1. The summed E-state index contributed by atoms with van der Waals surface area (Å²) in [6.45, 7) is 8.56. The van der Waals surface area contributed by atoms with Crippen molar-refractivity contribution in [3.05, 3.63) is 0 Å². The largest absolute Gasteiger partial charge is 0.286 e. The highest BCUT2D eigenvalue weighted by atomic mass is 32.2. The van der Waals surface area contributed by atoms with Crippen LogP contribution in [0, 0.1) is 11.3 Å². The van der Waals surface area contributed by atoms with Gasteiger partial charge in [-0.25, -0.2) is 0 Å². The highest BCUT2D eigenvalue weighted by Gasteiger charge is 2.29. The van der Waals surface area contributed by atoms with Crippen LogP contribution >= 0.6 is 11.8 Å². The lowest BCUT2D eigenvalue weighted by molar-refractivity contribution is 0.234. The maximum Gasteiger partial charge on any atom is 0.0950 e. The second-order valence-electron chi connectivity index (χ2n) is 3.88. The van der Waals surface area contributed by atoms with Gasteiger partial charge in [-0.2, -0.15) is 17.0 Å². The van der Waals surface area contributed by atoms with Crippen LogP contribution in [0.5, 0.6) is 0 Å². The molecule has 0 radical (unpaired) electrons. The SMILES string of the molecule is CC(C#N)N1CCSC(C)(C)C1. The van der Waals surface area contributed by atoms with Gasteiger partial charge in [-0.3, -0.25) is 4.90 Å². The van der Waals surface area contributed by atoms with E-state index in [1.807, 2.05) is 18.7 Å². The van der Waals surface area contributed by atoms with Crippen molar-refractivity contribution in [2.24, 2.45) is 0 Å². The van der Waals surface area contributed by atoms with E-state index < -0.39 is 0 Å². The van der Waals surface area contributed by atoms with Crippen molar-refractivity contribution < 1.29 is 0 Å². The molecule has 1 aliphatic heterocycles. The van der Waals surface area contributed by atoms with Crippen LogP contribution in [-0.4, -0.2) is 34.5 Å². The zero-order valence-electron chi connectivity index (χ0n) is 8.00. The normalized spacial score (nSPS) is 26.2. The van der Waals surface area contributed by atoms with Gasteiger partial charge in [0, 0.05) is 23.6 Å². The number of rotatable bonds is 1. The maximum atomic E-state index is 8.76. The molecule has 1 rings (SSSR count). The molecule has 0 aromatic carbocycles. The molecular formula is C9H16N2S. The number of hydrogen-bond acceptors (Lipinski definition) is 3. The molecule has 0 bridgehead atoms. The Hall–Kier alpha value is -0.200. The summed E-state index contributed by atoms with van der Waals surface area (Å²) in [5.41, 5.74) is 0. The van der Waals surface area contributed by atoms with E-state index in [9.17, 15) is 0 Å². The van der Waals surface area contributed by atoms with E-state index in [0.29, 0.717) is 4.75 Å². The molecule has 3 heteroatoms. The van der Waals surface area contributed by atoms with Gasteiger partial charge in [0.2, 0.25) is 0 Å². The van der Waals surface area contributed by atoms with Gasteiger partial charge in [-0.05, 0) is 20.8 Å². The Balaban J connectivity index is 2.53. The van der Waals surface area contributed by atoms with Gasteiger partial charge in [0.1, 0.15) is 0 Å². The Morgan fingerprint density at radius 1 is 1.58 bits per heavy atom. The van der Waals surface area contributed by atoms with Crippen LogP contribution in [0.25, 0.3) is 0 Å². The first kappa shape index (κ1) is 9.88. The average Bonchev–Trinajstić information content (AvgIpc) is 2.01. The topological polar surface area (TPSA) is 27.0 Å². The minimum atomic E-state index is 0.0742. The monoisotopic (exact) mass is 184 g/mol. The molecule has 1 fully saturated rings. The van der Waals surface area contributed by atoms with Crippen LogP contribution < -0.4 is 0 Å². The van der Waals surface area contributed by atoms with E-state index >= 15 is 0 Å². The molecule has 0 aliphatic carbocycles. The van der Waals surface area contributed by atoms with E-state index in [0.717, 1.165) is 18.8 Å². The molecule has 0 N–H and O–H groups in total. The zero-order chi connectivity index (χ0) is 9.19. The minimum absolute atomic E-state index is 0.0742. The van der Waals surface area contributed by atoms with E-state index in [4.69, 9.17) is 5.26 Å². The van der Waals surface area contributed by atoms with Gasteiger partial charge in [0.25, 0.3) is 0 Å². The molecule has 0 aromatic rings. The molecule has 0 spiro atoms. The standard InChI is InChI=1S/C9H16N2S/c1-8(6-10)11-4-5-12-9(2,3)7-11/h8H,4-5,7H2,1-3H3. The van der Waals surface area contributed by atoms with Gasteiger partial charge in [-0.1, -0.05) is 0 Å². The Kier molecular flexibility index (Phi) is 3.03. The summed E-state index contributed by atoms with van der Waals surface area (Å²) in [6, 6.07) is 2.36. The highest BCUT2D eigenvalue weighted by molar-refractivity contribution is 8.00. The van der Waals surface area contributed by atoms with Crippen LogP contribution in [0.2, 0.25) is 0 Å². The molecule has 0 amide bonds. The summed E-state index contributed by atoms with van der Waals surface area (Å²) in [5.74, 6) is 1.15. The van der Waals surface area contributed by atoms with Crippen molar-refractivity contribution in [3.63, 3.8) is 0 Å². The van der Waals surface area contributed by atoms with Gasteiger partial charge < -0.3 is 0 Å². The second-order valence-corrected chi connectivity index (χ2v) is 5.69. The van der Waals surface area contributed by atoms with Crippen molar-refractivity contribution in [1.82, 2.24) is 4.90 Å². The summed E-state index contributed by atoms with van der Waals surface area (Å²) in [5, 5.41) is 8.76. The van der Waals surface area contributed by atoms with E-state index in [-0.39, 0.29) is 6.04 Å². The third kappa shape index (κ3) is 2.40. The fraction of sp³-hybridized carbons (Fsp3) is 0.889. The Labute approximate surface area is 78.9 Å². The number of hydrogen-bond donors (Lipinski definition) is 0. The smallest absolute Gasteiger partial charge is 0.0950 e. The van der Waals surface area contributed by atoms with E-state index in [1.165, 1.54) is 0 Å².